The van der Waals surface area contributed by atoms with Gasteiger partial charge in [-0.15, -0.1) is 0 Å². The Kier molecular flexibility index (Phi) is 11.5. The molecule has 3 aliphatic heterocycles. The van der Waals surface area contributed by atoms with E-state index in [1.54, 1.807) is 0 Å². The summed E-state index contributed by atoms with van der Waals surface area (Å²) < 4.78 is 31.8. The summed E-state index contributed by atoms with van der Waals surface area (Å²) in [6.45, 7) is -0.300. The molecule has 68 heavy (non-hydrogen) atoms. The molecule has 1 fully saturated rings. The monoisotopic (exact) mass is 956 g/mol. The molecule has 7 rings (SSSR count). The van der Waals surface area contributed by atoms with Gasteiger partial charge in [-0.05, 0) is 37.3 Å². The van der Waals surface area contributed by atoms with E-state index in [1.165, 1.54) is 0 Å². The van der Waals surface area contributed by atoms with Crippen molar-refractivity contribution in [2.75, 3.05) is 6.61 Å². The lowest BCUT2D eigenvalue weighted by Crippen LogP contribution is -2.70. The number of fused-ring (bicyclic) bond motifs is 6. The van der Waals surface area contributed by atoms with Crippen LogP contribution in [0.2, 0.25) is 0 Å². The lowest BCUT2D eigenvalue weighted by molar-refractivity contribution is -0.392. The number of hydrogen-bond donors (Lipinski definition) is 15. The number of aromatic hydroxyl groups is 12. The van der Waals surface area contributed by atoms with Gasteiger partial charge < -0.3 is 105 Å². The molecular formula is C41H32O27. The maximum atomic E-state index is 14.5. The largest absolute Gasteiger partial charge is 0.504 e. The van der Waals surface area contributed by atoms with E-state index in [0.29, 0.717) is 30.3 Å². The van der Waals surface area contributed by atoms with Crippen LogP contribution in [0.4, 0.5) is 0 Å². The van der Waals surface area contributed by atoms with Crippen LogP contribution in [-0.2, 0) is 38.0 Å². The number of aliphatic hydroxyl groups excluding tert-OH is 1. The number of cyclic esters (lactones) is 2. The lowest BCUT2D eigenvalue weighted by atomic mass is 9.80. The number of aliphatic carboxylic acids is 1. The summed E-state index contributed by atoms with van der Waals surface area (Å²) >= 11 is 0. The first-order valence-corrected chi connectivity index (χ1v) is 18.9. The molecule has 3 aliphatic rings. The van der Waals surface area contributed by atoms with Crippen molar-refractivity contribution in [2.24, 2.45) is 0 Å². The quantitative estimate of drug-likeness (QED) is 0.0399. The predicted molar refractivity (Wildman–Crippen MR) is 209 cm³/mol. The Hall–Kier alpha value is -9.08. The van der Waals surface area contributed by atoms with Gasteiger partial charge in [0.1, 0.15) is 18.8 Å². The fraction of sp³-hybridized carbons (Fsp3) is 0.220. The molecule has 7 atom stereocenters. The number of carboxylic acid groups (broad SMARTS) is 1. The van der Waals surface area contributed by atoms with Crippen molar-refractivity contribution in [3.8, 4) is 80.1 Å². The molecule has 4 aromatic carbocycles. The standard InChI is InChI=1S/C41H32O27/c1-2-10(23-22-13(7-18(46)27(50)31(22)54)37(59)65-32(23)34(55)56)39(61)68-41(62)33(66-35(57)9-3-14(42)24(47)15(43)4-9)28(51)19-8-63-36(58)11-5-16(44)25(48)29(52)20(11)21-12(38(60)67-40(41)64-19)6-17(45)26(49)30(21)53/h2-7,19,23,28,32-33,40,42-54,62H,8H2,1H3,(H,55,56)/b10-2-/t19-,23+,28-,32+,33+,40+,41+/m1/s1. The molecule has 0 radical (unpaired) electrons. The summed E-state index contributed by atoms with van der Waals surface area (Å²) in [4.78, 5) is 81.7. The lowest BCUT2D eigenvalue weighted by Gasteiger charge is -2.47. The molecular weight excluding hydrogens is 924 g/mol. The number of rotatable bonds is 6. The third-order valence-electron chi connectivity index (χ3n) is 10.8. The molecule has 0 amide bonds. The van der Waals surface area contributed by atoms with Crippen LogP contribution in [0.3, 0.4) is 0 Å². The number of esters is 5. The van der Waals surface area contributed by atoms with E-state index >= 15 is 0 Å². The van der Waals surface area contributed by atoms with Crippen LogP contribution in [0.15, 0.2) is 42.0 Å². The van der Waals surface area contributed by atoms with Gasteiger partial charge in [-0.1, -0.05) is 6.08 Å². The van der Waals surface area contributed by atoms with E-state index in [4.69, 9.17) is 28.4 Å². The second-order valence-corrected chi connectivity index (χ2v) is 14.8. The molecule has 4 aromatic rings. The van der Waals surface area contributed by atoms with Gasteiger partial charge in [0.05, 0.1) is 28.2 Å². The summed E-state index contributed by atoms with van der Waals surface area (Å²) in [5, 5.41) is 160. The number of aliphatic hydroxyl groups is 2. The molecule has 0 aromatic heterocycles. The van der Waals surface area contributed by atoms with Gasteiger partial charge in [-0.3, -0.25) is 0 Å². The molecule has 0 spiro atoms. The molecule has 3 heterocycles. The molecule has 2 bridgehead atoms. The number of benzene rings is 4. The summed E-state index contributed by atoms with van der Waals surface area (Å²) in [5.74, 6) is -33.0. The van der Waals surface area contributed by atoms with Crippen molar-refractivity contribution in [2.45, 2.75) is 49.3 Å². The highest BCUT2D eigenvalue weighted by atomic mass is 16.8. The minimum absolute atomic E-state index is 0.309. The molecule has 15 N–H and O–H groups in total. The summed E-state index contributed by atoms with van der Waals surface area (Å²) in [6.07, 6.45) is -12.7. The van der Waals surface area contributed by atoms with Gasteiger partial charge in [0.2, 0.25) is 29.5 Å². The highest BCUT2D eigenvalue weighted by Gasteiger charge is 2.64. The van der Waals surface area contributed by atoms with Crippen LogP contribution in [0.25, 0.3) is 11.1 Å². The zero-order valence-electron chi connectivity index (χ0n) is 33.7. The first kappa shape index (κ1) is 46.9. The van der Waals surface area contributed by atoms with Crippen molar-refractivity contribution in [3.05, 3.63) is 69.8 Å². The SMILES string of the molecule is C/C=C(\C(=O)O[C@]1(O)[C@@H]2OC(=O)c3cc(O)c(O)c(O)c3-c3c(cc(O)c(O)c3O)C(=O)OC[C@@H](O2)[C@@H](O)[C@@H]1OC(=O)c1cc(O)c(O)c(O)c1)[C@H]1c2c(cc(O)c(O)c2O)C(=O)O[C@@H]1C(=O)O. The summed E-state index contributed by atoms with van der Waals surface area (Å²) in [6, 6.07) is 2.23. The number of phenolic OH excluding ortho intramolecular Hbond substituents is 12. The van der Waals surface area contributed by atoms with Crippen LogP contribution < -0.4 is 0 Å². The van der Waals surface area contributed by atoms with Crippen molar-refractivity contribution in [3.63, 3.8) is 0 Å². The topological polar surface area (TPSA) is 461 Å². The number of carboxylic acids is 1. The Morgan fingerprint density at radius 2 is 1.15 bits per heavy atom. The number of ether oxygens (including phenoxy) is 6. The van der Waals surface area contributed by atoms with Crippen molar-refractivity contribution in [1.29, 1.82) is 0 Å². The van der Waals surface area contributed by atoms with Crippen molar-refractivity contribution >= 4 is 35.8 Å². The molecule has 27 heteroatoms. The van der Waals surface area contributed by atoms with E-state index in [9.17, 15) is 105 Å². The van der Waals surface area contributed by atoms with Crippen LogP contribution >= 0.6 is 0 Å². The Balaban J connectivity index is 1.43. The number of phenols is 12. The van der Waals surface area contributed by atoms with Crippen LogP contribution in [0, 0.1) is 0 Å². The fourth-order valence-corrected chi connectivity index (χ4v) is 7.52. The number of carbonyl (C=O) groups excluding carboxylic acids is 5. The van der Waals surface area contributed by atoms with E-state index < -0.39 is 198 Å². The molecule has 1 saturated heterocycles. The Labute approximate surface area is 375 Å². The van der Waals surface area contributed by atoms with Crippen LogP contribution in [0.5, 0.6) is 69.0 Å². The number of allylic oxidation sites excluding steroid dienone is 1. The predicted octanol–water partition coefficient (Wildman–Crippen LogP) is 0.0449. The third-order valence-corrected chi connectivity index (χ3v) is 10.8. The third kappa shape index (κ3) is 7.42. The normalized spacial score (nSPS) is 23.5. The number of hydrogen-bond acceptors (Lipinski definition) is 26. The summed E-state index contributed by atoms with van der Waals surface area (Å²) in [5.41, 5.74) is -8.21. The second kappa shape index (κ2) is 16.7. The average Bonchev–Trinajstić information content (AvgIpc) is 3.28. The molecule has 27 nitrogen and oxygen atoms in total. The highest BCUT2D eigenvalue weighted by Crippen LogP contribution is 2.54. The molecule has 0 saturated carbocycles. The van der Waals surface area contributed by atoms with Crippen LogP contribution in [-0.4, -0.2) is 156 Å². The Morgan fingerprint density at radius 3 is 1.68 bits per heavy atom. The molecule has 0 aliphatic carbocycles. The van der Waals surface area contributed by atoms with Crippen molar-refractivity contribution < 1.29 is 134 Å². The molecule has 358 valence electrons. The average molecular weight is 957 g/mol. The zero-order valence-corrected chi connectivity index (χ0v) is 33.7. The summed E-state index contributed by atoms with van der Waals surface area (Å²) in [7, 11) is 0. The van der Waals surface area contributed by atoms with E-state index in [0.717, 1.165) is 13.0 Å². The maximum Gasteiger partial charge on any atom is 0.346 e. The first-order valence-electron chi connectivity index (χ1n) is 18.9. The minimum atomic E-state index is -4.06. The van der Waals surface area contributed by atoms with Gasteiger partial charge in [0.25, 0.3) is 6.29 Å². The highest BCUT2D eigenvalue weighted by molar-refractivity contribution is 6.08. The maximum absolute atomic E-state index is 14.5. The van der Waals surface area contributed by atoms with E-state index in [2.05, 4.69) is 0 Å². The van der Waals surface area contributed by atoms with Gasteiger partial charge in [0, 0.05) is 22.3 Å². The second-order valence-electron chi connectivity index (χ2n) is 14.8. The van der Waals surface area contributed by atoms with Gasteiger partial charge in [-0.25, -0.2) is 28.8 Å². The Bertz CT molecular complexity index is 2900. The van der Waals surface area contributed by atoms with Crippen molar-refractivity contribution in [1.82, 2.24) is 0 Å². The molecule has 0 unspecified atom stereocenters. The zero-order chi connectivity index (χ0) is 50.2. The minimum Gasteiger partial charge on any atom is -0.504 e. The van der Waals surface area contributed by atoms with Gasteiger partial charge >= 0.3 is 41.6 Å². The van der Waals surface area contributed by atoms with Gasteiger partial charge in [-0.2, -0.15) is 0 Å². The van der Waals surface area contributed by atoms with E-state index in [-0.39, 0.29) is 0 Å². The Morgan fingerprint density at radius 1 is 0.662 bits per heavy atom. The van der Waals surface area contributed by atoms with Gasteiger partial charge in [0.15, 0.2) is 51.7 Å². The van der Waals surface area contributed by atoms with Crippen LogP contribution in [0.1, 0.15) is 59.8 Å². The number of carbonyl (C=O) groups is 6. The first-order chi connectivity index (χ1) is 31.8. The fourth-order valence-electron chi connectivity index (χ4n) is 7.52. The van der Waals surface area contributed by atoms with E-state index in [1.807, 2.05) is 0 Å². The smallest absolute Gasteiger partial charge is 0.346 e.